The summed E-state index contributed by atoms with van der Waals surface area (Å²) in [5, 5.41) is 9.96. The van der Waals surface area contributed by atoms with Crippen LogP contribution in [0.3, 0.4) is 0 Å². The smallest absolute Gasteiger partial charge is 0.270 e. The number of amides is 1. The van der Waals surface area contributed by atoms with E-state index in [4.69, 9.17) is 12.2 Å². The van der Waals surface area contributed by atoms with Gasteiger partial charge in [0.05, 0.1) is 10.9 Å². The average molecular weight is 549 g/mol. The fourth-order valence-corrected chi connectivity index (χ4v) is 7.07. The maximum atomic E-state index is 13.7. The summed E-state index contributed by atoms with van der Waals surface area (Å²) in [6, 6.07) is 11.8. The third-order valence-electron chi connectivity index (χ3n) is 7.52. The van der Waals surface area contributed by atoms with Gasteiger partial charge in [-0.2, -0.15) is 5.26 Å². The molecule has 2 fully saturated rings. The number of unbranched alkanes of at least 4 members (excludes halogenated alkanes) is 1. The number of rotatable bonds is 7. The topological polar surface area (TPSA) is 69.3 Å². The van der Waals surface area contributed by atoms with Crippen molar-refractivity contribution in [3.8, 4) is 6.07 Å². The third kappa shape index (κ3) is 5.45. The molecule has 0 bridgehead atoms. The van der Waals surface area contributed by atoms with Gasteiger partial charge in [-0.05, 0) is 55.7 Å². The molecule has 8 heteroatoms. The van der Waals surface area contributed by atoms with Crippen molar-refractivity contribution in [1.82, 2.24) is 9.47 Å². The van der Waals surface area contributed by atoms with Gasteiger partial charge >= 0.3 is 0 Å². The van der Waals surface area contributed by atoms with Crippen LogP contribution >= 0.6 is 24.0 Å². The van der Waals surface area contributed by atoms with Crippen LogP contribution in [-0.2, 0) is 11.3 Å². The molecule has 2 saturated heterocycles. The first-order valence-corrected chi connectivity index (χ1v) is 14.6. The molecular formula is C30H36N4O2S2. The van der Waals surface area contributed by atoms with Crippen molar-refractivity contribution in [1.29, 1.82) is 5.26 Å². The van der Waals surface area contributed by atoms with Gasteiger partial charge in [0.25, 0.3) is 11.5 Å². The van der Waals surface area contributed by atoms with Crippen LogP contribution < -0.4 is 10.5 Å². The molecule has 6 nitrogen and oxygen atoms in total. The highest BCUT2D eigenvalue weighted by molar-refractivity contribution is 8.26. The molecule has 2 aromatic rings. The number of carbonyl (C=O) groups is 1. The Hall–Kier alpha value is -2.89. The Labute approximate surface area is 235 Å². The first kappa shape index (κ1) is 28.1. The van der Waals surface area contributed by atoms with E-state index in [1.807, 2.05) is 50.3 Å². The Morgan fingerprint density at radius 1 is 1.18 bits per heavy atom. The van der Waals surface area contributed by atoms with Crippen molar-refractivity contribution in [2.24, 2.45) is 11.8 Å². The summed E-state index contributed by atoms with van der Waals surface area (Å²) >= 11 is 6.96. The predicted octanol–water partition coefficient (Wildman–Crippen LogP) is 6.27. The van der Waals surface area contributed by atoms with E-state index in [0.717, 1.165) is 49.3 Å². The van der Waals surface area contributed by atoms with Gasteiger partial charge < -0.3 is 4.90 Å². The number of nitriles is 1. The lowest BCUT2D eigenvalue weighted by Gasteiger charge is -2.39. The fourth-order valence-electron chi connectivity index (χ4n) is 5.67. The minimum absolute atomic E-state index is 0.141. The van der Waals surface area contributed by atoms with Gasteiger partial charge in [-0.15, -0.1) is 0 Å². The van der Waals surface area contributed by atoms with Crippen molar-refractivity contribution >= 4 is 46.1 Å². The van der Waals surface area contributed by atoms with Gasteiger partial charge in [-0.1, -0.05) is 81.5 Å². The van der Waals surface area contributed by atoms with E-state index in [1.54, 1.807) is 9.47 Å². The number of hydrogen-bond donors (Lipinski definition) is 0. The number of anilines is 1. The van der Waals surface area contributed by atoms with Gasteiger partial charge in [0.2, 0.25) is 0 Å². The maximum absolute atomic E-state index is 13.7. The quantitative estimate of drug-likeness (QED) is 0.300. The summed E-state index contributed by atoms with van der Waals surface area (Å²) in [6.45, 7) is 12.6. The SMILES string of the molecule is CCCCn1c(N2CC(C)CC(C)C2)c(/C=C2/SC(=S)N(C(C)c3ccccc3)C2=O)c(C)c(C#N)c1=O. The summed E-state index contributed by atoms with van der Waals surface area (Å²) in [5.74, 6) is 1.62. The fraction of sp³-hybridized carbons (Fsp3) is 0.467. The number of thioether (sulfide) groups is 1. The van der Waals surface area contributed by atoms with E-state index < -0.39 is 0 Å². The van der Waals surface area contributed by atoms with Crippen molar-refractivity contribution in [2.45, 2.75) is 66.5 Å². The molecule has 1 aromatic heterocycles. The summed E-state index contributed by atoms with van der Waals surface area (Å²) in [6.07, 6.45) is 4.76. The second kappa shape index (κ2) is 11.9. The Morgan fingerprint density at radius 2 is 1.84 bits per heavy atom. The van der Waals surface area contributed by atoms with E-state index in [2.05, 4.69) is 31.7 Å². The van der Waals surface area contributed by atoms with Gasteiger partial charge in [0.15, 0.2) is 0 Å². The number of thiocarbonyl (C=S) groups is 1. The highest BCUT2D eigenvalue weighted by atomic mass is 32.2. The molecule has 1 aromatic carbocycles. The molecule has 0 saturated carbocycles. The van der Waals surface area contributed by atoms with Crippen molar-refractivity contribution in [2.75, 3.05) is 18.0 Å². The molecule has 4 rings (SSSR count). The predicted molar refractivity (Wildman–Crippen MR) is 160 cm³/mol. The number of pyridine rings is 1. The van der Waals surface area contributed by atoms with Gasteiger partial charge in [0, 0.05) is 25.2 Å². The molecule has 0 N–H and O–H groups in total. The zero-order valence-corrected chi connectivity index (χ0v) is 24.5. The molecule has 0 radical (unpaired) electrons. The van der Waals surface area contributed by atoms with Crippen LogP contribution in [0.5, 0.6) is 0 Å². The van der Waals surface area contributed by atoms with Crippen LogP contribution in [0, 0.1) is 30.1 Å². The molecule has 200 valence electrons. The van der Waals surface area contributed by atoms with Crippen molar-refractivity contribution in [3.05, 3.63) is 67.8 Å². The largest absolute Gasteiger partial charge is 0.357 e. The second-order valence-corrected chi connectivity index (χ2v) is 12.3. The van der Waals surface area contributed by atoms with E-state index in [0.29, 0.717) is 33.2 Å². The molecule has 0 aliphatic carbocycles. The first-order chi connectivity index (χ1) is 18.2. The molecule has 0 spiro atoms. The van der Waals surface area contributed by atoms with Crippen molar-refractivity contribution < 1.29 is 4.79 Å². The lowest BCUT2D eigenvalue weighted by molar-refractivity contribution is -0.123. The van der Waals surface area contributed by atoms with Gasteiger partial charge in [0.1, 0.15) is 21.8 Å². The Balaban J connectivity index is 1.87. The minimum atomic E-state index is -0.248. The van der Waals surface area contributed by atoms with E-state index >= 15 is 0 Å². The molecule has 3 unspecified atom stereocenters. The molecule has 3 heterocycles. The number of aromatic nitrogens is 1. The molecular weight excluding hydrogens is 512 g/mol. The Bertz CT molecular complexity index is 1350. The van der Waals surface area contributed by atoms with Crippen LogP contribution in [0.4, 0.5) is 5.82 Å². The molecule has 38 heavy (non-hydrogen) atoms. The Kier molecular flexibility index (Phi) is 8.79. The number of nitrogens with zero attached hydrogens (tertiary/aromatic N) is 4. The summed E-state index contributed by atoms with van der Waals surface area (Å²) in [5.41, 5.74) is 2.29. The molecule has 3 atom stereocenters. The van der Waals surface area contributed by atoms with Crippen LogP contribution in [0.1, 0.15) is 75.3 Å². The van der Waals surface area contributed by atoms with Crippen LogP contribution in [0.2, 0.25) is 0 Å². The molecule has 2 aliphatic rings. The molecule has 2 aliphatic heterocycles. The summed E-state index contributed by atoms with van der Waals surface area (Å²) in [4.78, 5) is 31.7. The lowest BCUT2D eigenvalue weighted by atomic mass is 9.91. The van der Waals surface area contributed by atoms with Crippen LogP contribution in [-0.4, -0.2) is 32.8 Å². The standard InChI is InChI=1S/C30H36N4O2S2/c1-6-7-13-33-27(32-17-19(2)14-20(3)18-32)24(21(4)25(16-31)28(33)35)15-26-29(36)34(30(37)38-26)22(5)23-11-9-8-10-12-23/h8-12,15,19-20,22H,6-7,13-14,17-18H2,1-5H3/b26-15+. The monoisotopic (exact) mass is 548 g/mol. The number of piperidine rings is 1. The summed E-state index contributed by atoms with van der Waals surface area (Å²) in [7, 11) is 0. The number of hydrogen-bond acceptors (Lipinski definition) is 6. The Morgan fingerprint density at radius 3 is 2.45 bits per heavy atom. The normalized spacial score (nSPS) is 21.7. The van der Waals surface area contributed by atoms with E-state index in [1.165, 1.54) is 11.8 Å². The number of benzene rings is 1. The van der Waals surface area contributed by atoms with Crippen LogP contribution in [0.25, 0.3) is 6.08 Å². The first-order valence-electron chi connectivity index (χ1n) is 13.4. The maximum Gasteiger partial charge on any atom is 0.270 e. The van der Waals surface area contributed by atoms with Gasteiger partial charge in [-0.25, -0.2) is 0 Å². The van der Waals surface area contributed by atoms with E-state index in [-0.39, 0.29) is 23.1 Å². The second-order valence-electron chi connectivity index (χ2n) is 10.6. The molecule has 1 amide bonds. The van der Waals surface area contributed by atoms with E-state index in [9.17, 15) is 14.9 Å². The summed E-state index contributed by atoms with van der Waals surface area (Å²) < 4.78 is 2.29. The zero-order valence-electron chi connectivity index (χ0n) is 22.9. The highest BCUT2D eigenvalue weighted by Gasteiger charge is 2.37. The van der Waals surface area contributed by atoms with Crippen LogP contribution in [0.15, 0.2) is 40.0 Å². The van der Waals surface area contributed by atoms with Gasteiger partial charge in [-0.3, -0.25) is 19.1 Å². The third-order valence-corrected chi connectivity index (χ3v) is 8.85. The minimum Gasteiger partial charge on any atom is -0.357 e. The highest BCUT2D eigenvalue weighted by Crippen LogP contribution is 2.40. The van der Waals surface area contributed by atoms with Crippen molar-refractivity contribution in [3.63, 3.8) is 0 Å². The lowest BCUT2D eigenvalue weighted by Crippen LogP contribution is -2.43. The number of carbonyl (C=O) groups excluding carboxylic acids is 1. The zero-order chi connectivity index (χ0) is 27.6. The average Bonchev–Trinajstić information content (AvgIpc) is 3.16.